The van der Waals surface area contributed by atoms with Crippen LogP contribution in [0, 0.1) is 0 Å². The van der Waals surface area contributed by atoms with E-state index >= 15 is 0 Å². The third-order valence-corrected chi connectivity index (χ3v) is 2.60. The van der Waals surface area contributed by atoms with Gasteiger partial charge in [-0.2, -0.15) is 0 Å². The van der Waals surface area contributed by atoms with Gasteiger partial charge in [-0.3, -0.25) is 0 Å². The summed E-state index contributed by atoms with van der Waals surface area (Å²) in [5.41, 5.74) is 1.10. The molecule has 0 aliphatic carbocycles. The Bertz CT molecular complexity index is 376. The topological polar surface area (TPSA) is 41.5 Å². The van der Waals surface area contributed by atoms with E-state index in [4.69, 9.17) is 4.74 Å². The normalized spacial score (nSPS) is 20.5. The molecule has 2 unspecified atom stereocenters. The van der Waals surface area contributed by atoms with Gasteiger partial charge in [0.05, 0.1) is 6.04 Å². The van der Waals surface area contributed by atoms with Crippen LogP contribution in [0.15, 0.2) is 30.9 Å². The Morgan fingerprint density at radius 1 is 1.67 bits per heavy atom. The highest BCUT2D eigenvalue weighted by Crippen LogP contribution is 2.34. The van der Waals surface area contributed by atoms with Crippen molar-refractivity contribution in [3.8, 4) is 11.5 Å². The van der Waals surface area contributed by atoms with Gasteiger partial charge < -0.3 is 15.2 Å². The monoisotopic (exact) mass is 205 g/mol. The van der Waals surface area contributed by atoms with Crippen molar-refractivity contribution in [2.24, 2.45) is 0 Å². The lowest BCUT2D eigenvalue weighted by atomic mass is 10.1. The van der Waals surface area contributed by atoms with Crippen LogP contribution in [0.4, 0.5) is 0 Å². The van der Waals surface area contributed by atoms with E-state index in [0.717, 1.165) is 11.3 Å². The Morgan fingerprint density at radius 2 is 2.47 bits per heavy atom. The Balaban J connectivity index is 2.18. The number of nitrogens with one attached hydrogen (secondary N) is 1. The number of phenols is 1. The predicted molar refractivity (Wildman–Crippen MR) is 59.1 cm³/mol. The first-order valence-corrected chi connectivity index (χ1v) is 5.05. The first kappa shape index (κ1) is 10.1. The summed E-state index contributed by atoms with van der Waals surface area (Å²) in [5.74, 6) is 1.01. The molecule has 0 radical (unpaired) electrons. The maximum atomic E-state index is 9.29. The summed E-state index contributed by atoms with van der Waals surface area (Å²) in [5, 5.41) is 12.7. The van der Waals surface area contributed by atoms with Crippen molar-refractivity contribution in [2.75, 3.05) is 6.61 Å². The van der Waals surface area contributed by atoms with Crippen LogP contribution in [-0.2, 0) is 0 Å². The fraction of sp³-hybridized carbons (Fsp3) is 0.333. The number of rotatable bonds is 3. The van der Waals surface area contributed by atoms with Gasteiger partial charge in [-0.15, -0.1) is 6.58 Å². The van der Waals surface area contributed by atoms with Crippen molar-refractivity contribution in [2.45, 2.75) is 19.0 Å². The van der Waals surface area contributed by atoms with Crippen LogP contribution < -0.4 is 10.1 Å². The first-order valence-electron chi connectivity index (χ1n) is 5.05. The largest absolute Gasteiger partial charge is 0.508 e. The maximum absolute atomic E-state index is 9.29. The van der Waals surface area contributed by atoms with Crippen LogP contribution in [0.2, 0.25) is 0 Å². The Hall–Kier alpha value is -1.48. The second-order valence-corrected chi connectivity index (χ2v) is 3.78. The minimum Gasteiger partial charge on any atom is -0.508 e. The molecule has 1 aromatic rings. The van der Waals surface area contributed by atoms with E-state index in [-0.39, 0.29) is 17.8 Å². The van der Waals surface area contributed by atoms with Crippen LogP contribution in [0.1, 0.15) is 18.5 Å². The molecule has 0 saturated heterocycles. The van der Waals surface area contributed by atoms with E-state index < -0.39 is 0 Å². The molecule has 15 heavy (non-hydrogen) atoms. The summed E-state index contributed by atoms with van der Waals surface area (Å²) in [6.07, 6.45) is 1.86. The highest BCUT2D eigenvalue weighted by atomic mass is 16.5. The van der Waals surface area contributed by atoms with Crippen LogP contribution in [-0.4, -0.2) is 17.8 Å². The molecule has 0 saturated carbocycles. The lowest BCUT2D eigenvalue weighted by molar-refractivity contribution is 0.306. The van der Waals surface area contributed by atoms with Crippen LogP contribution >= 0.6 is 0 Å². The van der Waals surface area contributed by atoms with Crippen molar-refractivity contribution in [3.05, 3.63) is 36.4 Å². The Kier molecular flexibility index (Phi) is 2.64. The van der Waals surface area contributed by atoms with E-state index in [0.29, 0.717) is 6.61 Å². The van der Waals surface area contributed by atoms with Crippen LogP contribution in [0.25, 0.3) is 0 Å². The maximum Gasteiger partial charge on any atom is 0.127 e. The van der Waals surface area contributed by atoms with Gasteiger partial charge in [-0.25, -0.2) is 0 Å². The number of hydrogen-bond donors (Lipinski definition) is 2. The molecule has 0 fully saturated rings. The summed E-state index contributed by atoms with van der Waals surface area (Å²) in [7, 11) is 0. The minimum atomic E-state index is 0.189. The fourth-order valence-electron chi connectivity index (χ4n) is 1.72. The Morgan fingerprint density at radius 3 is 3.20 bits per heavy atom. The quantitative estimate of drug-likeness (QED) is 0.741. The molecule has 0 aromatic heterocycles. The number of ether oxygens (including phenoxy) is 1. The molecule has 3 heteroatoms. The lowest BCUT2D eigenvalue weighted by Crippen LogP contribution is -2.29. The van der Waals surface area contributed by atoms with E-state index in [2.05, 4.69) is 11.9 Å². The van der Waals surface area contributed by atoms with E-state index in [1.54, 1.807) is 12.1 Å². The van der Waals surface area contributed by atoms with Gasteiger partial charge in [-0.1, -0.05) is 6.08 Å². The van der Waals surface area contributed by atoms with Crippen LogP contribution in [0.3, 0.4) is 0 Å². The number of aromatic hydroxyl groups is 1. The standard InChI is InChI=1S/C12H15NO2/c1-3-8(2)13-11-7-15-12-6-9(14)4-5-10(11)12/h3-6,8,11,13-14H,1,7H2,2H3. The van der Waals surface area contributed by atoms with E-state index in [9.17, 15) is 5.11 Å². The first-order chi connectivity index (χ1) is 7.20. The number of phenolic OH excluding ortho intramolecular Hbond substituents is 1. The Labute approximate surface area is 89.4 Å². The minimum absolute atomic E-state index is 0.189. The SMILES string of the molecule is C=CC(C)NC1COc2cc(O)ccc21. The van der Waals surface area contributed by atoms with Gasteiger partial charge in [0.2, 0.25) is 0 Å². The molecule has 0 spiro atoms. The fourth-order valence-corrected chi connectivity index (χ4v) is 1.72. The van der Waals surface area contributed by atoms with Crippen molar-refractivity contribution in [1.82, 2.24) is 5.32 Å². The highest BCUT2D eigenvalue weighted by Gasteiger charge is 2.24. The average molecular weight is 205 g/mol. The molecule has 3 nitrogen and oxygen atoms in total. The van der Waals surface area contributed by atoms with E-state index in [1.807, 2.05) is 19.1 Å². The molecular weight excluding hydrogens is 190 g/mol. The van der Waals surface area contributed by atoms with Crippen molar-refractivity contribution in [3.63, 3.8) is 0 Å². The molecule has 2 N–H and O–H groups in total. The van der Waals surface area contributed by atoms with Crippen molar-refractivity contribution < 1.29 is 9.84 Å². The second kappa shape index (κ2) is 3.95. The third-order valence-electron chi connectivity index (χ3n) is 2.60. The molecule has 1 aromatic carbocycles. The summed E-state index contributed by atoms with van der Waals surface area (Å²) < 4.78 is 5.48. The van der Waals surface area contributed by atoms with Gasteiger partial charge in [0, 0.05) is 17.7 Å². The van der Waals surface area contributed by atoms with Gasteiger partial charge in [-0.05, 0) is 19.1 Å². The molecule has 1 heterocycles. The van der Waals surface area contributed by atoms with Crippen molar-refractivity contribution >= 4 is 0 Å². The molecule has 1 aliphatic heterocycles. The van der Waals surface area contributed by atoms with Gasteiger partial charge >= 0.3 is 0 Å². The molecule has 80 valence electrons. The zero-order valence-electron chi connectivity index (χ0n) is 8.73. The molecular formula is C12H15NO2. The van der Waals surface area contributed by atoms with Gasteiger partial charge in [0.15, 0.2) is 0 Å². The molecule has 2 rings (SSSR count). The highest BCUT2D eigenvalue weighted by molar-refractivity contribution is 5.44. The van der Waals surface area contributed by atoms with Crippen molar-refractivity contribution in [1.29, 1.82) is 0 Å². The smallest absolute Gasteiger partial charge is 0.127 e. The molecule has 0 amide bonds. The lowest BCUT2D eigenvalue weighted by Gasteiger charge is -2.15. The summed E-state index contributed by atoms with van der Waals surface area (Å²) >= 11 is 0. The predicted octanol–water partition coefficient (Wildman–Crippen LogP) is 1.99. The summed E-state index contributed by atoms with van der Waals surface area (Å²) in [4.78, 5) is 0. The molecule has 1 aliphatic rings. The number of fused-ring (bicyclic) bond motifs is 1. The molecule has 2 atom stereocenters. The number of benzene rings is 1. The average Bonchev–Trinajstić information content (AvgIpc) is 2.60. The zero-order chi connectivity index (χ0) is 10.8. The zero-order valence-corrected chi connectivity index (χ0v) is 8.73. The molecule has 0 bridgehead atoms. The third kappa shape index (κ3) is 1.97. The van der Waals surface area contributed by atoms with E-state index in [1.165, 1.54) is 0 Å². The van der Waals surface area contributed by atoms with Gasteiger partial charge in [0.25, 0.3) is 0 Å². The summed E-state index contributed by atoms with van der Waals surface area (Å²) in [6, 6.07) is 5.66. The number of hydrogen-bond acceptors (Lipinski definition) is 3. The summed E-state index contributed by atoms with van der Waals surface area (Å²) in [6.45, 7) is 6.38. The van der Waals surface area contributed by atoms with Gasteiger partial charge in [0.1, 0.15) is 18.1 Å². The second-order valence-electron chi connectivity index (χ2n) is 3.78. The van der Waals surface area contributed by atoms with Crippen LogP contribution in [0.5, 0.6) is 11.5 Å².